The molecule has 7 rings (SSSR count). The van der Waals surface area contributed by atoms with E-state index in [4.69, 9.17) is 15.1 Å². The maximum Gasteiger partial charge on any atom is 0.253 e. The number of carbonyl (C=O) groups is 1. The number of piperazine rings is 1. The summed E-state index contributed by atoms with van der Waals surface area (Å²) < 4.78 is 1.88. The van der Waals surface area contributed by atoms with Gasteiger partial charge in [0.05, 0.1) is 17.3 Å². The first-order valence-corrected chi connectivity index (χ1v) is 13.6. The van der Waals surface area contributed by atoms with E-state index in [1.54, 1.807) is 0 Å². The van der Waals surface area contributed by atoms with Crippen LogP contribution in [0.2, 0.25) is 0 Å². The molecule has 1 aliphatic rings. The summed E-state index contributed by atoms with van der Waals surface area (Å²) in [6, 6.07) is 34.4. The fraction of sp³-hybridized carbons (Fsp3) is 0.152. The van der Waals surface area contributed by atoms with Crippen molar-refractivity contribution >= 4 is 33.5 Å². The summed E-state index contributed by atoms with van der Waals surface area (Å²) >= 11 is 0. The van der Waals surface area contributed by atoms with Crippen LogP contribution in [0.25, 0.3) is 27.5 Å². The Labute approximate surface area is 232 Å². The molecule has 0 radical (unpaired) electrons. The van der Waals surface area contributed by atoms with E-state index in [1.165, 1.54) is 0 Å². The third-order valence-electron chi connectivity index (χ3n) is 7.52. The first-order valence-electron chi connectivity index (χ1n) is 13.6. The highest BCUT2D eigenvalue weighted by Gasteiger charge is 2.26. The van der Waals surface area contributed by atoms with Crippen LogP contribution in [0.3, 0.4) is 0 Å². The number of fused-ring (bicyclic) bond motifs is 2. The van der Waals surface area contributed by atoms with Crippen molar-refractivity contribution in [2.45, 2.75) is 6.42 Å². The van der Waals surface area contributed by atoms with Crippen LogP contribution >= 0.6 is 0 Å². The molecule has 1 fully saturated rings. The Bertz CT molecular complexity index is 1810. The van der Waals surface area contributed by atoms with Crippen LogP contribution in [-0.4, -0.2) is 56.7 Å². The molecule has 0 atom stereocenters. The molecule has 1 saturated heterocycles. The number of aromatic nitrogens is 4. The quantitative estimate of drug-likeness (QED) is 0.297. The minimum Gasteiger partial charge on any atom is -0.352 e. The van der Waals surface area contributed by atoms with E-state index in [-0.39, 0.29) is 5.91 Å². The van der Waals surface area contributed by atoms with Crippen molar-refractivity contribution in [1.29, 1.82) is 0 Å². The Kier molecular flexibility index (Phi) is 6.17. The summed E-state index contributed by atoms with van der Waals surface area (Å²) in [6.07, 6.45) is 2.49. The van der Waals surface area contributed by atoms with Gasteiger partial charge >= 0.3 is 0 Å². The molecule has 0 spiro atoms. The summed E-state index contributed by atoms with van der Waals surface area (Å²) in [6.45, 7) is 2.62. The van der Waals surface area contributed by atoms with Crippen molar-refractivity contribution in [2.24, 2.45) is 0 Å². The van der Waals surface area contributed by atoms with Gasteiger partial charge in [0.2, 0.25) is 0 Å². The van der Waals surface area contributed by atoms with Gasteiger partial charge in [0.15, 0.2) is 5.65 Å². The summed E-state index contributed by atoms with van der Waals surface area (Å²) in [5, 5.41) is 7.83. The van der Waals surface area contributed by atoms with Crippen LogP contribution in [-0.2, 0) is 6.42 Å². The van der Waals surface area contributed by atoms with Crippen LogP contribution in [0, 0.1) is 0 Å². The maximum absolute atomic E-state index is 13.4. The number of amides is 1. The maximum atomic E-state index is 13.4. The minimum atomic E-state index is 0.0694. The molecule has 3 heterocycles. The van der Waals surface area contributed by atoms with Gasteiger partial charge in [-0.05, 0) is 40.6 Å². The monoisotopic (exact) mass is 524 g/mol. The Morgan fingerprint density at radius 2 is 1.43 bits per heavy atom. The van der Waals surface area contributed by atoms with Crippen LogP contribution in [0.4, 0.5) is 5.82 Å². The van der Waals surface area contributed by atoms with Gasteiger partial charge in [-0.1, -0.05) is 78.9 Å². The number of rotatable bonds is 5. The Balaban J connectivity index is 1.18. The lowest BCUT2D eigenvalue weighted by Gasteiger charge is -2.35. The third-order valence-corrected chi connectivity index (χ3v) is 7.52. The van der Waals surface area contributed by atoms with Crippen molar-refractivity contribution < 1.29 is 4.79 Å². The van der Waals surface area contributed by atoms with E-state index in [1.807, 2.05) is 101 Å². The third kappa shape index (κ3) is 4.56. The first kappa shape index (κ1) is 24.0. The summed E-state index contributed by atoms with van der Waals surface area (Å²) in [7, 11) is 0. The summed E-state index contributed by atoms with van der Waals surface area (Å²) in [4.78, 5) is 27.6. The zero-order valence-corrected chi connectivity index (χ0v) is 22.0. The van der Waals surface area contributed by atoms with E-state index in [9.17, 15) is 4.79 Å². The van der Waals surface area contributed by atoms with Crippen molar-refractivity contribution in [2.75, 3.05) is 31.1 Å². The van der Waals surface area contributed by atoms with Gasteiger partial charge in [0, 0.05) is 38.2 Å². The van der Waals surface area contributed by atoms with E-state index < -0.39 is 0 Å². The molecule has 0 bridgehead atoms. The summed E-state index contributed by atoms with van der Waals surface area (Å²) in [5.74, 6) is 1.69. The van der Waals surface area contributed by atoms with Gasteiger partial charge in [-0.2, -0.15) is 5.10 Å². The molecule has 6 aromatic rings. The predicted octanol–water partition coefficient (Wildman–Crippen LogP) is 5.52. The number of nitrogens with zero attached hydrogens (tertiary/aromatic N) is 6. The molecule has 0 unspecified atom stereocenters. The largest absolute Gasteiger partial charge is 0.352 e. The Morgan fingerprint density at radius 3 is 2.20 bits per heavy atom. The average Bonchev–Trinajstić information content (AvgIpc) is 3.45. The number of para-hydroxylation sites is 1. The molecule has 7 nitrogen and oxygen atoms in total. The van der Waals surface area contributed by atoms with Gasteiger partial charge < -0.3 is 9.80 Å². The molecule has 7 heteroatoms. The minimum absolute atomic E-state index is 0.0694. The van der Waals surface area contributed by atoms with E-state index in [2.05, 4.69) is 23.1 Å². The Hall–Kier alpha value is -5.04. The standard InChI is InChI=1S/C33H28N6O/c40-33(27-16-15-25-11-7-8-12-26(25)22-27)38-19-17-37(18-20-38)31-29-23-34-39(28-13-5-2-6-14-28)32(29)36-30(35-31)21-24-9-3-1-4-10-24/h1-16,22-23H,17-21H2. The Morgan fingerprint density at radius 1 is 0.725 bits per heavy atom. The zero-order chi connectivity index (χ0) is 26.9. The van der Waals surface area contributed by atoms with E-state index in [0.29, 0.717) is 32.6 Å². The second-order valence-electron chi connectivity index (χ2n) is 10.1. The fourth-order valence-corrected chi connectivity index (χ4v) is 5.42. The van der Waals surface area contributed by atoms with Crippen molar-refractivity contribution in [3.8, 4) is 5.69 Å². The molecule has 2 aromatic heterocycles. The molecular weight excluding hydrogens is 496 g/mol. The topological polar surface area (TPSA) is 67.2 Å². The van der Waals surface area contributed by atoms with Gasteiger partial charge in [-0.3, -0.25) is 4.79 Å². The fourth-order valence-electron chi connectivity index (χ4n) is 5.42. The molecule has 0 aliphatic carbocycles. The molecule has 1 aliphatic heterocycles. The van der Waals surface area contributed by atoms with Crippen LogP contribution in [0.5, 0.6) is 0 Å². The lowest BCUT2D eigenvalue weighted by atomic mass is 10.1. The second kappa shape index (κ2) is 10.3. The van der Waals surface area contributed by atoms with E-state index in [0.717, 1.165) is 50.3 Å². The normalized spacial score (nSPS) is 13.7. The van der Waals surface area contributed by atoms with Crippen LogP contribution in [0.1, 0.15) is 21.7 Å². The molecule has 196 valence electrons. The van der Waals surface area contributed by atoms with Gasteiger partial charge in [-0.15, -0.1) is 0 Å². The van der Waals surface area contributed by atoms with Gasteiger partial charge in [0.25, 0.3) is 5.91 Å². The second-order valence-corrected chi connectivity index (χ2v) is 10.1. The molecule has 0 N–H and O–H groups in total. The van der Waals surface area contributed by atoms with Crippen LogP contribution < -0.4 is 4.90 Å². The summed E-state index contributed by atoms with van der Waals surface area (Å²) in [5.41, 5.74) is 3.63. The molecular formula is C33H28N6O. The molecule has 1 amide bonds. The number of hydrogen-bond acceptors (Lipinski definition) is 5. The average molecular weight is 525 g/mol. The van der Waals surface area contributed by atoms with E-state index >= 15 is 0 Å². The zero-order valence-electron chi connectivity index (χ0n) is 22.0. The highest BCUT2D eigenvalue weighted by atomic mass is 16.2. The highest BCUT2D eigenvalue weighted by Crippen LogP contribution is 2.28. The lowest BCUT2D eigenvalue weighted by Crippen LogP contribution is -2.49. The lowest BCUT2D eigenvalue weighted by molar-refractivity contribution is 0.0746. The molecule has 40 heavy (non-hydrogen) atoms. The SMILES string of the molecule is O=C(c1ccc2ccccc2c1)N1CCN(c2nc(Cc3ccccc3)nc3c2cnn3-c2ccccc2)CC1. The van der Waals surface area contributed by atoms with Gasteiger partial charge in [0.1, 0.15) is 11.6 Å². The van der Waals surface area contributed by atoms with Crippen molar-refractivity contribution in [3.05, 3.63) is 126 Å². The molecule has 0 saturated carbocycles. The van der Waals surface area contributed by atoms with Gasteiger partial charge in [-0.25, -0.2) is 14.6 Å². The number of benzene rings is 4. The number of hydrogen-bond donors (Lipinski definition) is 0. The van der Waals surface area contributed by atoms with Crippen molar-refractivity contribution in [1.82, 2.24) is 24.6 Å². The smallest absolute Gasteiger partial charge is 0.253 e. The first-order chi connectivity index (χ1) is 19.7. The predicted molar refractivity (Wildman–Crippen MR) is 158 cm³/mol. The van der Waals surface area contributed by atoms with Crippen molar-refractivity contribution in [3.63, 3.8) is 0 Å². The number of anilines is 1. The number of carbonyl (C=O) groups excluding carboxylic acids is 1. The highest BCUT2D eigenvalue weighted by molar-refractivity contribution is 5.98. The van der Waals surface area contributed by atoms with Crippen LogP contribution in [0.15, 0.2) is 109 Å². The molecule has 4 aromatic carbocycles.